The Morgan fingerprint density at radius 3 is 2.12 bits per heavy atom. The van der Waals surface area contributed by atoms with Crippen molar-refractivity contribution in [3.63, 3.8) is 0 Å². The van der Waals surface area contributed by atoms with Gasteiger partial charge in [0, 0.05) is 29.7 Å². The number of rotatable bonds is 7. The molecule has 24 heavy (non-hydrogen) atoms. The minimum Gasteiger partial charge on any atom is -0.741 e. The number of aryl methyl sites for hydroxylation is 2. The van der Waals surface area contributed by atoms with E-state index in [9.17, 15) is 17.4 Å². The van der Waals surface area contributed by atoms with E-state index in [1.54, 1.807) is 6.26 Å². The summed E-state index contributed by atoms with van der Waals surface area (Å²) in [6.07, 6.45) is 10.8. The van der Waals surface area contributed by atoms with Crippen molar-refractivity contribution in [1.82, 2.24) is 4.57 Å². The van der Waals surface area contributed by atoms with Crippen LogP contribution in [0.5, 0.6) is 0 Å². The second kappa shape index (κ2) is 10.1. The lowest BCUT2D eigenvalue weighted by molar-refractivity contribution is -0.677. The number of alkyl halides is 3. The highest BCUT2D eigenvalue weighted by Crippen LogP contribution is 2.20. The average molecular weight is 392 g/mol. The van der Waals surface area contributed by atoms with Crippen molar-refractivity contribution >= 4 is 20.9 Å². The maximum atomic E-state index is 10.8. The highest BCUT2D eigenvalue weighted by Gasteiger charge is 2.36. The molecule has 0 aliphatic rings. The van der Waals surface area contributed by atoms with E-state index < -0.39 is 26.4 Å². The zero-order valence-corrected chi connectivity index (χ0v) is 15.5. The number of hydrogen-bond acceptors (Lipinski definition) is 4. The van der Waals surface area contributed by atoms with Gasteiger partial charge in [-0.25, -0.2) is 17.6 Å². The number of halogens is 3. The molecule has 1 aromatic heterocycles. The van der Waals surface area contributed by atoms with Gasteiger partial charge in [-0.05, 0) is 19.3 Å². The molecule has 0 fully saturated rings. The minimum absolute atomic E-state index is 0.616. The largest absolute Gasteiger partial charge is 0.741 e. The maximum absolute atomic E-state index is 10.8. The van der Waals surface area contributed by atoms with Crippen LogP contribution in [0.1, 0.15) is 31.5 Å². The topological polar surface area (TPSA) is 83.1 Å². The molecule has 1 unspecified atom stereocenters. The van der Waals surface area contributed by atoms with Crippen molar-refractivity contribution in [1.29, 1.82) is 0 Å². The van der Waals surface area contributed by atoms with Gasteiger partial charge in [-0.2, -0.15) is 13.2 Å². The molecule has 0 spiro atoms. The summed E-state index contributed by atoms with van der Waals surface area (Å²) in [7, 11) is -4.63. The van der Waals surface area contributed by atoms with Crippen LogP contribution in [0.25, 0.3) is 0 Å². The predicted octanol–water partition coefficient (Wildman–Crippen LogP) is 1.61. The van der Waals surface area contributed by atoms with Crippen LogP contribution in [0, 0.1) is 6.92 Å². The lowest BCUT2D eigenvalue weighted by Gasteiger charge is -2.08. The van der Waals surface area contributed by atoms with Crippen molar-refractivity contribution < 1.29 is 34.9 Å². The van der Waals surface area contributed by atoms with Gasteiger partial charge in [-0.3, -0.25) is 4.21 Å². The third-order valence-electron chi connectivity index (χ3n) is 3.26. The summed E-state index contributed by atoms with van der Waals surface area (Å²) in [6.45, 7) is 3.24. The predicted molar refractivity (Wildman–Crippen MR) is 83.5 cm³/mol. The number of imidazole rings is 1. The summed E-state index contributed by atoms with van der Waals surface area (Å²) in [5.74, 6) is 2.16. The minimum atomic E-state index is -6.09. The summed E-state index contributed by atoms with van der Waals surface area (Å²) in [5.41, 5.74) is -5.65. The van der Waals surface area contributed by atoms with Gasteiger partial charge in [0.2, 0.25) is 0 Å². The number of unbranched alkanes of at least 4 members (excludes halogenated alkanes) is 3. The van der Waals surface area contributed by atoms with Gasteiger partial charge < -0.3 is 4.55 Å². The van der Waals surface area contributed by atoms with Crippen LogP contribution in [0.3, 0.4) is 0 Å². The number of aromatic nitrogens is 2. The summed E-state index contributed by atoms with van der Waals surface area (Å²) in [5, 5.41) is 0. The fraction of sp³-hybridized carbons (Fsp3) is 0.769. The summed E-state index contributed by atoms with van der Waals surface area (Å²) >= 11 is 0. The summed E-state index contributed by atoms with van der Waals surface area (Å²) in [4.78, 5) is 0. The maximum Gasteiger partial charge on any atom is 0.485 e. The van der Waals surface area contributed by atoms with Crippen molar-refractivity contribution in [2.75, 3.05) is 12.0 Å². The monoisotopic (exact) mass is 392 g/mol. The van der Waals surface area contributed by atoms with E-state index in [2.05, 4.69) is 35.5 Å². The van der Waals surface area contributed by atoms with E-state index in [0.717, 1.165) is 18.7 Å². The van der Waals surface area contributed by atoms with Gasteiger partial charge in [-0.1, -0.05) is 6.42 Å². The van der Waals surface area contributed by atoms with Crippen LogP contribution in [-0.2, 0) is 34.5 Å². The quantitative estimate of drug-likeness (QED) is 0.305. The smallest absolute Gasteiger partial charge is 0.485 e. The molecule has 0 amide bonds. The second-order valence-electron chi connectivity index (χ2n) is 5.24. The zero-order chi connectivity index (χ0) is 19.0. The van der Waals surface area contributed by atoms with E-state index in [-0.39, 0.29) is 0 Å². The Morgan fingerprint density at radius 2 is 1.75 bits per heavy atom. The van der Waals surface area contributed by atoms with E-state index in [1.807, 2.05) is 0 Å². The SMILES string of the molecule is Cc1n(CCCCCCS(C)=O)cc[n+]1C.O=S(=O)([O-])C(F)(F)F. The van der Waals surface area contributed by atoms with Gasteiger partial charge in [0.1, 0.15) is 12.4 Å². The molecule has 1 aromatic rings. The van der Waals surface area contributed by atoms with Crippen LogP contribution in [0.15, 0.2) is 12.4 Å². The molecule has 142 valence electrons. The molecule has 0 bridgehead atoms. The molecule has 1 rings (SSSR count). The van der Waals surface area contributed by atoms with E-state index in [0.29, 0.717) is 0 Å². The third-order valence-corrected chi connectivity index (χ3v) is 4.69. The Hall–Kier alpha value is -0.940. The van der Waals surface area contributed by atoms with Crippen LogP contribution in [0.2, 0.25) is 0 Å². The Balaban J connectivity index is 0.000000561. The first-order chi connectivity index (χ1) is 10.9. The van der Waals surface area contributed by atoms with Gasteiger partial charge in [0.25, 0.3) is 5.82 Å². The molecule has 0 radical (unpaired) electrons. The second-order valence-corrected chi connectivity index (χ2v) is 8.17. The first kappa shape index (κ1) is 23.1. The van der Waals surface area contributed by atoms with Crippen molar-refractivity contribution in [3.05, 3.63) is 18.2 Å². The van der Waals surface area contributed by atoms with Gasteiger partial charge in [0.05, 0.1) is 13.6 Å². The Labute approximate surface area is 142 Å². The molecule has 0 aliphatic heterocycles. The summed E-state index contributed by atoms with van der Waals surface area (Å²) in [6, 6.07) is 0. The van der Waals surface area contributed by atoms with Crippen LogP contribution in [-0.4, -0.2) is 39.3 Å². The highest BCUT2D eigenvalue weighted by molar-refractivity contribution is 7.86. The van der Waals surface area contributed by atoms with Gasteiger partial charge >= 0.3 is 5.51 Å². The molecule has 6 nitrogen and oxygen atoms in total. The average Bonchev–Trinajstić information content (AvgIpc) is 2.72. The standard InChI is InChI=1S/C12H23N2OS.CHF3O3S/c1-12-13(2)9-10-14(12)8-6-4-5-7-11-16(3)15;2-1(3,4)8(5,6)7/h9-10H,4-8,11H2,1-3H3;(H,5,6,7)/q+1;/p-1. The van der Waals surface area contributed by atoms with Gasteiger partial charge in [-0.15, -0.1) is 0 Å². The first-order valence-corrected chi connectivity index (χ1v) is 10.3. The molecule has 0 saturated carbocycles. The third kappa shape index (κ3) is 9.38. The number of hydrogen-bond donors (Lipinski definition) is 0. The number of nitrogens with zero attached hydrogens (tertiary/aromatic N) is 2. The molecular formula is C13H23F3N2O4S2. The molecule has 11 heteroatoms. The molecule has 0 N–H and O–H groups in total. The highest BCUT2D eigenvalue weighted by atomic mass is 32.2. The lowest BCUT2D eigenvalue weighted by Crippen LogP contribution is -2.29. The Bertz CT molecular complexity index is 628. The molecular weight excluding hydrogens is 369 g/mol. The van der Waals surface area contributed by atoms with E-state index in [4.69, 9.17) is 13.0 Å². The molecule has 0 aliphatic carbocycles. The van der Waals surface area contributed by atoms with E-state index >= 15 is 0 Å². The van der Waals surface area contributed by atoms with Crippen LogP contribution < -0.4 is 4.57 Å². The molecule has 1 heterocycles. The zero-order valence-electron chi connectivity index (χ0n) is 13.9. The fourth-order valence-corrected chi connectivity index (χ4v) is 2.39. The molecule has 0 saturated heterocycles. The molecule has 0 aromatic carbocycles. The van der Waals surface area contributed by atoms with Gasteiger partial charge in [0.15, 0.2) is 10.1 Å². The lowest BCUT2D eigenvalue weighted by atomic mass is 10.2. The van der Waals surface area contributed by atoms with Crippen molar-refractivity contribution in [3.8, 4) is 0 Å². The fourth-order valence-electron chi connectivity index (χ4n) is 1.78. The molecule has 1 atom stereocenters. The van der Waals surface area contributed by atoms with Crippen molar-refractivity contribution in [2.24, 2.45) is 7.05 Å². The van der Waals surface area contributed by atoms with Crippen LogP contribution in [0.4, 0.5) is 13.2 Å². The van der Waals surface area contributed by atoms with Crippen molar-refractivity contribution in [2.45, 2.75) is 44.7 Å². The Kier molecular flexibility index (Phi) is 9.74. The van der Waals surface area contributed by atoms with Crippen LogP contribution >= 0.6 is 0 Å². The Morgan fingerprint density at radius 1 is 1.25 bits per heavy atom. The van der Waals surface area contributed by atoms with E-state index in [1.165, 1.54) is 25.1 Å². The first-order valence-electron chi connectivity index (χ1n) is 7.20. The normalized spacial score (nSPS) is 13.3. The summed E-state index contributed by atoms with van der Waals surface area (Å²) < 4.78 is 74.2.